The van der Waals surface area contributed by atoms with Crippen LogP contribution in [0, 0.1) is 27.2 Å². The molecule has 0 aliphatic heterocycles. The summed E-state index contributed by atoms with van der Waals surface area (Å²) in [6.07, 6.45) is 1.04. The van der Waals surface area contributed by atoms with Gasteiger partial charge in [-0.2, -0.15) is 0 Å². The van der Waals surface area contributed by atoms with E-state index in [0.717, 1.165) is 18.5 Å². The summed E-state index contributed by atoms with van der Waals surface area (Å²) >= 11 is 0. The Kier molecular flexibility index (Phi) is 5.25. The average molecular weight is 400 g/mol. The Balaban J connectivity index is 1.77. The van der Waals surface area contributed by atoms with Crippen molar-refractivity contribution in [3.63, 3.8) is 0 Å². The fourth-order valence-electron chi connectivity index (χ4n) is 2.20. The Hall–Kier alpha value is -4.62. The highest BCUT2D eigenvalue weighted by molar-refractivity contribution is 5.95. The van der Waals surface area contributed by atoms with E-state index in [1.807, 2.05) is 0 Å². The Bertz CT molecular complexity index is 1080. The van der Waals surface area contributed by atoms with E-state index < -0.39 is 21.4 Å². The van der Waals surface area contributed by atoms with E-state index in [1.165, 1.54) is 18.2 Å². The van der Waals surface area contributed by atoms with Crippen LogP contribution in [0.3, 0.4) is 0 Å². The molecule has 29 heavy (non-hydrogen) atoms. The molecule has 14 nitrogen and oxygen atoms in total. The SMILES string of the molecule is Cc1cc(Nc2ncnc(NNC(=O)c3ccc([N+](=O)[O-])cc3)c2[N+](=O)[O-])no1. The molecule has 0 saturated heterocycles. The van der Waals surface area contributed by atoms with Crippen LogP contribution in [0.15, 0.2) is 41.2 Å². The summed E-state index contributed by atoms with van der Waals surface area (Å²) in [7, 11) is 0. The number of hydrogen-bond acceptors (Lipinski definition) is 11. The van der Waals surface area contributed by atoms with Gasteiger partial charge in [-0.15, -0.1) is 0 Å². The minimum atomic E-state index is -0.740. The minimum Gasteiger partial charge on any atom is -0.360 e. The van der Waals surface area contributed by atoms with E-state index in [9.17, 15) is 25.0 Å². The summed E-state index contributed by atoms with van der Waals surface area (Å²) in [6.45, 7) is 1.65. The van der Waals surface area contributed by atoms with Gasteiger partial charge in [0.1, 0.15) is 12.1 Å². The molecule has 0 aliphatic carbocycles. The number of aryl methyl sites for hydroxylation is 1. The normalized spacial score (nSPS) is 10.2. The summed E-state index contributed by atoms with van der Waals surface area (Å²) in [6, 6.07) is 6.30. The van der Waals surface area contributed by atoms with E-state index in [0.29, 0.717) is 5.76 Å². The van der Waals surface area contributed by atoms with Crippen molar-refractivity contribution < 1.29 is 19.2 Å². The largest absolute Gasteiger partial charge is 0.360 e. The molecule has 1 aromatic carbocycles. The van der Waals surface area contributed by atoms with Crippen LogP contribution in [0.25, 0.3) is 0 Å². The van der Waals surface area contributed by atoms with Crippen LogP contribution in [0.1, 0.15) is 16.1 Å². The third-order valence-electron chi connectivity index (χ3n) is 3.51. The number of nitro groups is 2. The van der Waals surface area contributed by atoms with Crippen LogP contribution in [-0.4, -0.2) is 30.9 Å². The molecule has 0 saturated carbocycles. The molecule has 14 heteroatoms. The number of nitrogens with zero attached hydrogens (tertiary/aromatic N) is 5. The zero-order valence-electron chi connectivity index (χ0n) is 14.6. The molecule has 0 bridgehead atoms. The van der Waals surface area contributed by atoms with Gasteiger partial charge in [0.2, 0.25) is 11.6 Å². The minimum absolute atomic E-state index is 0.0937. The van der Waals surface area contributed by atoms with Gasteiger partial charge in [0.15, 0.2) is 5.82 Å². The molecule has 2 heterocycles. The van der Waals surface area contributed by atoms with Gasteiger partial charge >= 0.3 is 5.69 Å². The van der Waals surface area contributed by atoms with Crippen molar-refractivity contribution in [1.82, 2.24) is 20.6 Å². The van der Waals surface area contributed by atoms with E-state index in [4.69, 9.17) is 4.52 Å². The van der Waals surface area contributed by atoms with Gasteiger partial charge in [-0.05, 0) is 19.1 Å². The number of nitro benzene ring substituents is 1. The maximum Gasteiger partial charge on any atom is 0.355 e. The number of carbonyl (C=O) groups excluding carboxylic acids is 1. The maximum absolute atomic E-state index is 12.2. The molecule has 0 radical (unpaired) electrons. The molecule has 3 rings (SSSR count). The summed E-state index contributed by atoms with van der Waals surface area (Å²) in [5.41, 5.74) is 3.96. The highest BCUT2D eigenvalue weighted by atomic mass is 16.6. The lowest BCUT2D eigenvalue weighted by molar-refractivity contribution is -0.384. The average Bonchev–Trinajstić information content (AvgIpc) is 3.10. The Morgan fingerprint density at radius 1 is 1.07 bits per heavy atom. The number of hydrazine groups is 1. The third-order valence-corrected chi connectivity index (χ3v) is 3.51. The molecule has 3 N–H and O–H groups in total. The van der Waals surface area contributed by atoms with Crippen LogP contribution in [0.4, 0.5) is 28.8 Å². The van der Waals surface area contributed by atoms with E-state index >= 15 is 0 Å². The molecule has 3 aromatic rings. The first-order chi connectivity index (χ1) is 13.8. The fraction of sp³-hybridized carbons (Fsp3) is 0.0667. The highest BCUT2D eigenvalue weighted by Gasteiger charge is 2.24. The lowest BCUT2D eigenvalue weighted by Crippen LogP contribution is -2.30. The second kappa shape index (κ2) is 7.95. The van der Waals surface area contributed by atoms with Crippen molar-refractivity contribution in [2.45, 2.75) is 6.92 Å². The summed E-state index contributed by atoms with van der Waals surface area (Å²) in [5.74, 6) is -0.467. The van der Waals surface area contributed by atoms with Crippen molar-refractivity contribution in [3.8, 4) is 0 Å². The maximum atomic E-state index is 12.2. The Morgan fingerprint density at radius 2 is 1.76 bits per heavy atom. The van der Waals surface area contributed by atoms with E-state index in [2.05, 4.69) is 31.3 Å². The number of non-ortho nitro benzene ring substituents is 1. The van der Waals surface area contributed by atoms with Crippen molar-refractivity contribution in [3.05, 3.63) is 68.2 Å². The smallest absolute Gasteiger partial charge is 0.355 e. The lowest BCUT2D eigenvalue weighted by atomic mass is 10.2. The number of hydrogen-bond donors (Lipinski definition) is 3. The molecule has 0 fully saturated rings. The van der Waals surface area contributed by atoms with Gasteiger partial charge in [0, 0.05) is 23.8 Å². The van der Waals surface area contributed by atoms with Crippen molar-refractivity contribution in [2.24, 2.45) is 0 Å². The number of nitrogens with one attached hydrogen (secondary N) is 3. The topological polar surface area (TPSA) is 191 Å². The number of anilines is 3. The van der Waals surface area contributed by atoms with Gasteiger partial charge in [0.25, 0.3) is 11.6 Å². The first kappa shape index (κ1) is 19.2. The Morgan fingerprint density at radius 3 is 2.34 bits per heavy atom. The summed E-state index contributed by atoms with van der Waals surface area (Å²) < 4.78 is 4.88. The quantitative estimate of drug-likeness (QED) is 0.388. The predicted octanol–water partition coefficient (Wildman–Crippen LogP) is 2.09. The predicted molar refractivity (Wildman–Crippen MR) is 97.4 cm³/mol. The standard InChI is InChI=1S/C15H12N8O6/c1-8-6-11(21-29-8)18-13-12(23(27)28)14(17-7-16-13)19-20-15(24)9-2-4-10(5-3-9)22(25)26/h2-7H,1H3,(H,20,24)(H2,16,17,18,19,21). The second-order valence-electron chi connectivity index (χ2n) is 5.51. The van der Waals surface area contributed by atoms with Gasteiger partial charge in [-0.3, -0.25) is 35.9 Å². The zero-order valence-corrected chi connectivity index (χ0v) is 14.6. The molecular weight excluding hydrogens is 388 g/mol. The van der Waals surface area contributed by atoms with E-state index in [1.54, 1.807) is 6.92 Å². The van der Waals surface area contributed by atoms with Crippen LogP contribution in [0.5, 0.6) is 0 Å². The van der Waals surface area contributed by atoms with Gasteiger partial charge in [-0.25, -0.2) is 9.97 Å². The van der Waals surface area contributed by atoms with Gasteiger partial charge < -0.3 is 9.84 Å². The number of benzene rings is 1. The fourth-order valence-corrected chi connectivity index (χ4v) is 2.20. The third kappa shape index (κ3) is 4.38. The number of rotatable bonds is 7. The lowest BCUT2D eigenvalue weighted by Gasteiger charge is -2.10. The summed E-state index contributed by atoms with van der Waals surface area (Å²) in [4.78, 5) is 40.5. The molecule has 0 aliphatic rings. The van der Waals surface area contributed by atoms with E-state index in [-0.39, 0.29) is 28.7 Å². The number of carbonyl (C=O) groups is 1. The molecule has 0 atom stereocenters. The van der Waals surface area contributed by atoms with Gasteiger partial charge in [-0.1, -0.05) is 5.16 Å². The first-order valence-corrected chi connectivity index (χ1v) is 7.85. The van der Waals surface area contributed by atoms with Crippen molar-refractivity contribution in [2.75, 3.05) is 10.7 Å². The van der Waals surface area contributed by atoms with Crippen LogP contribution < -0.4 is 16.2 Å². The van der Waals surface area contributed by atoms with Crippen molar-refractivity contribution >= 4 is 34.7 Å². The number of aromatic nitrogens is 3. The summed E-state index contributed by atoms with van der Waals surface area (Å²) in [5, 5.41) is 28.4. The molecule has 1 amide bonds. The second-order valence-corrected chi connectivity index (χ2v) is 5.51. The van der Waals surface area contributed by atoms with Gasteiger partial charge in [0.05, 0.1) is 9.85 Å². The Labute approximate surface area is 161 Å². The van der Waals surface area contributed by atoms with Crippen LogP contribution in [0.2, 0.25) is 0 Å². The van der Waals surface area contributed by atoms with Crippen molar-refractivity contribution in [1.29, 1.82) is 0 Å². The zero-order chi connectivity index (χ0) is 21.0. The van der Waals surface area contributed by atoms with Crippen LogP contribution >= 0.6 is 0 Å². The highest BCUT2D eigenvalue weighted by Crippen LogP contribution is 2.30. The number of amides is 1. The molecule has 0 spiro atoms. The molecular formula is C15H12N8O6. The molecule has 2 aromatic heterocycles. The van der Waals surface area contributed by atoms with Crippen LogP contribution in [-0.2, 0) is 0 Å². The monoisotopic (exact) mass is 400 g/mol. The molecule has 0 unspecified atom stereocenters. The first-order valence-electron chi connectivity index (χ1n) is 7.85. The molecule has 148 valence electrons.